The van der Waals surface area contributed by atoms with E-state index in [0.717, 1.165) is 36.8 Å². The van der Waals surface area contributed by atoms with Crippen LogP contribution in [0.2, 0.25) is 0 Å². The zero-order valence-electron chi connectivity index (χ0n) is 18.3. The van der Waals surface area contributed by atoms with Crippen molar-refractivity contribution in [2.24, 2.45) is 5.92 Å². The van der Waals surface area contributed by atoms with E-state index in [1.54, 1.807) is 17.3 Å². The third-order valence-electron chi connectivity index (χ3n) is 6.19. The molecule has 6 heteroatoms. The first-order chi connectivity index (χ1) is 15.0. The van der Waals surface area contributed by atoms with Crippen molar-refractivity contribution < 1.29 is 14.3 Å². The molecule has 6 nitrogen and oxygen atoms in total. The van der Waals surface area contributed by atoms with E-state index in [-0.39, 0.29) is 23.8 Å². The maximum Gasteiger partial charge on any atom is 0.265 e. The maximum absolute atomic E-state index is 13.7. The average molecular weight is 422 g/mol. The second kappa shape index (κ2) is 9.50. The van der Waals surface area contributed by atoms with E-state index in [0.29, 0.717) is 12.3 Å². The van der Waals surface area contributed by atoms with Gasteiger partial charge in [-0.25, -0.2) is 0 Å². The Labute approximate surface area is 184 Å². The largest absolute Gasteiger partial charge is 0.480 e. The van der Waals surface area contributed by atoms with E-state index >= 15 is 0 Å². The molecule has 4 rings (SSSR count). The van der Waals surface area contributed by atoms with Gasteiger partial charge in [-0.05, 0) is 36.5 Å². The quantitative estimate of drug-likeness (QED) is 0.792. The van der Waals surface area contributed by atoms with Crippen LogP contribution in [0.5, 0.6) is 5.75 Å². The van der Waals surface area contributed by atoms with E-state index in [4.69, 9.17) is 4.74 Å². The first-order valence-electron chi connectivity index (χ1n) is 11.3. The number of hydrogen-bond donors (Lipinski definition) is 1. The number of nitrogens with one attached hydrogen (secondary N) is 1. The molecule has 0 radical (unpaired) electrons. The summed E-state index contributed by atoms with van der Waals surface area (Å²) in [6.45, 7) is 4.24. The molecule has 1 aromatic heterocycles. The van der Waals surface area contributed by atoms with Crippen LogP contribution in [-0.2, 0) is 16.1 Å². The number of amides is 2. The Bertz CT molecular complexity index is 909. The van der Waals surface area contributed by atoms with Gasteiger partial charge in [-0.1, -0.05) is 57.4 Å². The SMILES string of the molecule is CC(C)C1Oc2ccccc2C(C(=O)NC2CCCCC2)N(Cc2cccnc2)C1=O. The lowest BCUT2D eigenvalue weighted by molar-refractivity contribution is -0.147. The highest BCUT2D eigenvalue weighted by Gasteiger charge is 2.42. The van der Waals surface area contributed by atoms with E-state index < -0.39 is 12.1 Å². The second-order valence-corrected chi connectivity index (χ2v) is 8.89. The van der Waals surface area contributed by atoms with Crippen LogP contribution >= 0.6 is 0 Å². The normalized spacial score (nSPS) is 21.9. The van der Waals surface area contributed by atoms with Crippen LogP contribution in [0.3, 0.4) is 0 Å². The number of nitrogens with zero attached hydrogens (tertiary/aromatic N) is 2. The van der Waals surface area contributed by atoms with Crippen LogP contribution < -0.4 is 10.1 Å². The lowest BCUT2D eigenvalue weighted by Gasteiger charge is -2.33. The number of fused-ring (bicyclic) bond motifs is 1. The zero-order chi connectivity index (χ0) is 21.8. The van der Waals surface area contributed by atoms with Crippen molar-refractivity contribution in [3.05, 3.63) is 59.9 Å². The Morgan fingerprint density at radius 2 is 1.94 bits per heavy atom. The van der Waals surface area contributed by atoms with E-state index in [1.807, 2.05) is 50.2 Å². The van der Waals surface area contributed by atoms with Gasteiger partial charge in [0.2, 0.25) is 5.91 Å². The highest BCUT2D eigenvalue weighted by Crippen LogP contribution is 2.37. The summed E-state index contributed by atoms with van der Waals surface area (Å²) >= 11 is 0. The second-order valence-electron chi connectivity index (χ2n) is 8.89. The van der Waals surface area contributed by atoms with Crippen molar-refractivity contribution in [3.63, 3.8) is 0 Å². The van der Waals surface area contributed by atoms with Crippen LogP contribution in [0.15, 0.2) is 48.8 Å². The molecule has 1 saturated carbocycles. The lowest BCUT2D eigenvalue weighted by Crippen LogP contribution is -2.49. The fraction of sp³-hybridized carbons (Fsp3) is 0.480. The number of rotatable bonds is 5. The smallest absolute Gasteiger partial charge is 0.265 e. The van der Waals surface area contributed by atoms with Gasteiger partial charge in [0.15, 0.2) is 6.10 Å². The summed E-state index contributed by atoms with van der Waals surface area (Å²) in [6, 6.07) is 10.7. The number of carbonyl (C=O) groups excluding carboxylic acids is 2. The Morgan fingerprint density at radius 1 is 1.16 bits per heavy atom. The van der Waals surface area contributed by atoms with Gasteiger partial charge in [0.25, 0.3) is 5.91 Å². The minimum absolute atomic E-state index is 0.0305. The molecule has 1 aliphatic carbocycles. The first kappa shape index (κ1) is 21.3. The van der Waals surface area contributed by atoms with Crippen LogP contribution in [-0.4, -0.2) is 33.8 Å². The molecule has 2 aliphatic rings. The van der Waals surface area contributed by atoms with Crippen LogP contribution in [0.1, 0.15) is 63.1 Å². The van der Waals surface area contributed by atoms with Crippen molar-refractivity contribution in [3.8, 4) is 5.75 Å². The molecule has 2 unspecified atom stereocenters. The Balaban J connectivity index is 1.73. The lowest BCUT2D eigenvalue weighted by atomic mass is 9.94. The van der Waals surface area contributed by atoms with Gasteiger partial charge in [0.05, 0.1) is 0 Å². The van der Waals surface area contributed by atoms with Crippen molar-refractivity contribution in [2.75, 3.05) is 0 Å². The molecule has 2 heterocycles. The summed E-state index contributed by atoms with van der Waals surface area (Å²) in [5.74, 6) is 0.271. The topological polar surface area (TPSA) is 71.5 Å². The third kappa shape index (κ3) is 4.73. The van der Waals surface area contributed by atoms with Crippen LogP contribution in [0, 0.1) is 5.92 Å². The van der Waals surface area contributed by atoms with Gasteiger partial charge in [0, 0.05) is 30.5 Å². The van der Waals surface area contributed by atoms with Crippen molar-refractivity contribution in [1.29, 1.82) is 0 Å². The third-order valence-corrected chi connectivity index (χ3v) is 6.19. The minimum Gasteiger partial charge on any atom is -0.480 e. The van der Waals surface area contributed by atoms with Crippen molar-refractivity contribution >= 4 is 11.8 Å². The number of carbonyl (C=O) groups is 2. The monoisotopic (exact) mass is 421 g/mol. The Kier molecular flexibility index (Phi) is 6.54. The first-order valence-corrected chi connectivity index (χ1v) is 11.3. The Morgan fingerprint density at radius 3 is 2.65 bits per heavy atom. The fourth-order valence-electron chi connectivity index (χ4n) is 4.55. The zero-order valence-corrected chi connectivity index (χ0v) is 18.3. The van der Waals surface area contributed by atoms with Gasteiger partial charge in [0.1, 0.15) is 11.8 Å². The summed E-state index contributed by atoms with van der Waals surface area (Å²) in [4.78, 5) is 33.2. The molecular formula is C25H31N3O3. The number of para-hydroxylation sites is 1. The molecule has 2 aromatic rings. The van der Waals surface area contributed by atoms with Gasteiger partial charge in [-0.15, -0.1) is 0 Å². The molecule has 31 heavy (non-hydrogen) atoms. The summed E-state index contributed by atoms with van der Waals surface area (Å²) in [5, 5.41) is 3.23. The maximum atomic E-state index is 13.7. The molecule has 1 aromatic carbocycles. The summed E-state index contributed by atoms with van der Waals surface area (Å²) < 4.78 is 6.18. The molecule has 1 aliphatic heterocycles. The molecular weight excluding hydrogens is 390 g/mol. The molecule has 2 amide bonds. The molecule has 0 bridgehead atoms. The summed E-state index contributed by atoms with van der Waals surface area (Å²) in [6.07, 6.45) is 8.25. The van der Waals surface area contributed by atoms with E-state index in [9.17, 15) is 9.59 Å². The molecule has 1 fully saturated rings. The number of pyridine rings is 1. The van der Waals surface area contributed by atoms with Crippen molar-refractivity contribution in [1.82, 2.24) is 15.2 Å². The van der Waals surface area contributed by atoms with Crippen LogP contribution in [0.4, 0.5) is 0 Å². The molecule has 1 N–H and O–H groups in total. The number of ether oxygens (including phenoxy) is 1. The fourth-order valence-corrected chi connectivity index (χ4v) is 4.55. The number of hydrogen-bond acceptors (Lipinski definition) is 4. The number of aromatic nitrogens is 1. The molecule has 2 atom stereocenters. The average Bonchev–Trinajstić information content (AvgIpc) is 2.90. The van der Waals surface area contributed by atoms with Gasteiger partial charge in [-0.3, -0.25) is 14.6 Å². The molecule has 0 spiro atoms. The number of benzene rings is 1. The summed E-state index contributed by atoms with van der Waals surface area (Å²) in [5.41, 5.74) is 1.62. The van der Waals surface area contributed by atoms with Gasteiger partial charge >= 0.3 is 0 Å². The van der Waals surface area contributed by atoms with Gasteiger partial charge in [-0.2, -0.15) is 0 Å². The highest BCUT2D eigenvalue weighted by atomic mass is 16.5. The van der Waals surface area contributed by atoms with E-state index in [1.165, 1.54) is 6.42 Å². The summed E-state index contributed by atoms with van der Waals surface area (Å²) in [7, 11) is 0. The minimum atomic E-state index is -0.741. The Hall–Kier alpha value is -2.89. The molecule has 164 valence electrons. The van der Waals surface area contributed by atoms with E-state index in [2.05, 4.69) is 10.3 Å². The predicted molar refractivity (Wildman–Crippen MR) is 118 cm³/mol. The van der Waals surface area contributed by atoms with Gasteiger partial charge < -0.3 is 15.0 Å². The van der Waals surface area contributed by atoms with Crippen LogP contribution in [0.25, 0.3) is 0 Å². The van der Waals surface area contributed by atoms with Crippen molar-refractivity contribution in [2.45, 2.75) is 70.7 Å². The predicted octanol–water partition coefficient (Wildman–Crippen LogP) is 4.02. The standard InChI is InChI=1S/C25H31N3O3/c1-17(2)23-25(30)28(16-18-9-8-14-26-15-18)22(20-12-6-7-13-21(20)31-23)24(29)27-19-10-4-3-5-11-19/h6-9,12-15,17,19,22-23H,3-5,10-11,16H2,1-2H3,(H,27,29). The molecule has 0 saturated heterocycles. The highest BCUT2D eigenvalue weighted by molar-refractivity contribution is 5.92.